The van der Waals surface area contributed by atoms with Crippen molar-refractivity contribution in [3.05, 3.63) is 47.5 Å². The Balaban J connectivity index is 2.67. The molecule has 1 N–H and O–H groups in total. The first-order valence-corrected chi connectivity index (χ1v) is 6.84. The second-order valence-corrected chi connectivity index (χ2v) is 4.88. The number of methoxy groups -OCH3 is 1. The largest absolute Gasteiger partial charge is 0.468 e. The van der Waals surface area contributed by atoms with Crippen LogP contribution in [0.3, 0.4) is 0 Å². The number of hydrogen-bond donors (Lipinski definition) is 1. The van der Waals surface area contributed by atoms with Gasteiger partial charge in [-0.25, -0.2) is 0 Å². The summed E-state index contributed by atoms with van der Waals surface area (Å²) < 4.78 is 4.65. The molecule has 0 radical (unpaired) electrons. The van der Waals surface area contributed by atoms with Crippen LogP contribution in [0, 0.1) is 0 Å². The lowest BCUT2D eigenvalue weighted by molar-refractivity contribution is -0.142. The van der Waals surface area contributed by atoms with Gasteiger partial charge in [-0.3, -0.25) is 14.5 Å². The molecule has 0 bridgehead atoms. The van der Waals surface area contributed by atoms with Crippen molar-refractivity contribution < 1.29 is 14.3 Å². The van der Waals surface area contributed by atoms with Crippen LogP contribution in [0.15, 0.2) is 36.9 Å². The highest BCUT2D eigenvalue weighted by Crippen LogP contribution is 2.11. The number of amides is 1. The highest BCUT2D eigenvalue weighted by atomic mass is 35.5. The quantitative estimate of drug-likeness (QED) is 0.585. The summed E-state index contributed by atoms with van der Waals surface area (Å²) in [5, 5.41) is 3.32. The third kappa shape index (κ3) is 6.92. The highest BCUT2D eigenvalue weighted by molar-refractivity contribution is 6.30. The zero-order valence-corrected chi connectivity index (χ0v) is 12.7. The second kappa shape index (κ2) is 9.15. The van der Waals surface area contributed by atoms with Crippen LogP contribution in [-0.2, 0) is 20.9 Å². The molecule has 0 atom stereocenters. The average Bonchev–Trinajstić information content (AvgIpc) is 2.47. The highest BCUT2D eigenvalue weighted by Gasteiger charge is 2.15. The predicted molar refractivity (Wildman–Crippen MR) is 82.0 cm³/mol. The molecule has 21 heavy (non-hydrogen) atoms. The summed E-state index contributed by atoms with van der Waals surface area (Å²) in [6.07, 6.45) is 1.60. The Morgan fingerprint density at radius 3 is 2.57 bits per heavy atom. The van der Waals surface area contributed by atoms with E-state index in [2.05, 4.69) is 16.6 Å². The van der Waals surface area contributed by atoms with Crippen molar-refractivity contribution in [3.8, 4) is 0 Å². The summed E-state index contributed by atoms with van der Waals surface area (Å²) in [4.78, 5) is 24.9. The number of ether oxygens (including phenoxy) is 1. The fourth-order valence-electron chi connectivity index (χ4n) is 1.71. The lowest BCUT2D eigenvalue weighted by Gasteiger charge is -2.20. The third-order valence-corrected chi connectivity index (χ3v) is 2.96. The summed E-state index contributed by atoms with van der Waals surface area (Å²) >= 11 is 5.84. The number of carbonyl (C=O) groups excluding carboxylic acids is 2. The monoisotopic (exact) mass is 310 g/mol. The maximum atomic E-state index is 11.8. The van der Waals surface area contributed by atoms with Crippen LogP contribution in [0.25, 0.3) is 0 Å². The number of halogens is 1. The van der Waals surface area contributed by atoms with Gasteiger partial charge in [0.1, 0.15) is 0 Å². The summed E-state index contributed by atoms with van der Waals surface area (Å²) in [6.45, 7) is 4.53. The zero-order chi connectivity index (χ0) is 15.7. The summed E-state index contributed by atoms with van der Waals surface area (Å²) in [5.41, 5.74) is 0.958. The number of benzene rings is 1. The van der Waals surface area contributed by atoms with Crippen molar-refractivity contribution in [2.75, 3.05) is 26.7 Å². The van der Waals surface area contributed by atoms with Crippen LogP contribution in [0.4, 0.5) is 0 Å². The molecular formula is C15H19ClN2O3. The lowest BCUT2D eigenvalue weighted by Crippen LogP contribution is -2.39. The Labute approximate surface area is 129 Å². The molecule has 0 fully saturated rings. The smallest absolute Gasteiger partial charge is 0.319 e. The molecule has 0 aliphatic carbocycles. The van der Waals surface area contributed by atoms with Crippen molar-refractivity contribution >= 4 is 23.5 Å². The molecular weight excluding hydrogens is 292 g/mol. The normalized spacial score (nSPS) is 10.2. The molecule has 0 aliphatic heterocycles. The van der Waals surface area contributed by atoms with Gasteiger partial charge in [0.05, 0.1) is 20.2 Å². The molecule has 0 spiro atoms. The molecule has 0 saturated carbocycles. The average molecular weight is 311 g/mol. The van der Waals surface area contributed by atoms with E-state index < -0.39 is 0 Å². The van der Waals surface area contributed by atoms with Crippen molar-refractivity contribution in [1.29, 1.82) is 0 Å². The van der Waals surface area contributed by atoms with E-state index in [9.17, 15) is 9.59 Å². The molecule has 0 unspecified atom stereocenters. The van der Waals surface area contributed by atoms with Gasteiger partial charge in [0, 0.05) is 18.1 Å². The number of carbonyl (C=O) groups is 2. The summed E-state index contributed by atoms with van der Waals surface area (Å²) in [7, 11) is 1.32. The van der Waals surface area contributed by atoms with Gasteiger partial charge < -0.3 is 10.1 Å². The number of esters is 1. The van der Waals surface area contributed by atoms with Crippen LogP contribution in [0.5, 0.6) is 0 Å². The maximum absolute atomic E-state index is 11.8. The molecule has 0 saturated heterocycles. The molecule has 1 aromatic rings. The first kappa shape index (κ1) is 17.2. The van der Waals surface area contributed by atoms with E-state index in [1.807, 2.05) is 12.1 Å². The van der Waals surface area contributed by atoms with Crippen molar-refractivity contribution in [1.82, 2.24) is 10.2 Å². The van der Waals surface area contributed by atoms with E-state index in [1.165, 1.54) is 7.11 Å². The topological polar surface area (TPSA) is 58.6 Å². The van der Waals surface area contributed by atoms with Gasteiger partial charge in [0.25, 0.3) is 0 Å². The molecule has 6 heteroatoms. The Morgan fingerprint density at radius 2 is 2.00 bits per heavy atom. The first-order chi connectivity index (χ1) is 10.0. The van der Waals surface area contributed by atoms with Gasteiger partial charge in [-0.05, 0) is 17.7 Å². The van der Waals surface area contributed by atoms with E-state index in [1.54, 1.807) is 23.1 Å². The minimum absolute atomic E-state index is 0.0423. The molecule has 0 aromatic heterocycles. The van der Waals surface area contributed by atoms with Gasteiger partial charge in [-0.1, -0.05) is 29.8 Å². The summed E-state index contributed by atoms with van der Waals surface area (Å²) in [5.74, 6) is -0.562. The third-order valence-electron chi connectivity index (χ3n) is 2.71. The minimum Gasteiger partial charge on any atom is -0.468 e. The molecule has 1 aromatic carbocycles. The number of rotatable bonds is 8. The fraction of sp³-hybridized carbons (Fsp3) is 0.333. The van der Waals surface area contributed by atoms with Crippen molar-refractivity contribution in [3.63, 3.8) is 0 Å². The molecule has 1 rings (SSSR count). The van der Waals surface area contributed by atoms with Crippen LogP contribution < -0.4 is 5.32 Å². The van der Waals surface area contributed by atoms with E-state index in [4.69, 9.17) is 11.6 Å². The Hall–Kier alpha value is -1.85. The standard InChI is InChI=1S/C15H19ClN2O3/c1-3-8-17-14(19)10-18(11-15(20)21-2)9-12-4-6-13(16)7-5-12/h3-7H,1,8-11H2,2H3,(H,17,19). The molecule has 0 aliphatic rings. The second-order valence-electron chi connectivity index (χ2n) is 4.44. The minimum atomic E-state index is -0.388. The number of nitrogens with zero attached hydrogens (tertiary/aromatic N) is 1. The molecule has 5 nitrogen and oxygen atoms in total. The molecule has 114 valence electrons. The van der Waals surface area contributed by atoms with Crippen LogP contribution in [-0.4, -0.2) is 43.5 Å². The zero-order valence-electron chi connectivity index (χ0n) is 12.0. The first-order valence-electron chi connectivity index (χ1n) is 6.46. The Bertz CT molecular complexity index is 488. The Kier molecular flexibility index (Phi) is 7.50. The van der Waals surface area contributed by atoms with Gasteiger partial charge >= 0.3 is 5.97 Å². The van der Waals surface area contributed by atoms with Gasteiger partial charge in [-0.15, -0.1) is 6.58 Å². The van der Waals surface area contributed by atoms with E-state index in [-0.39, 0.29) is 25.0 Å². The van der Waals surface area contributed by atoms with E-state index in [0.29, 0.717) is 18.1 Å². The van der Waals surface area contributed by atoms with E-state index >= 15 is 0 Å². The van der Waals surface area contributed by atoms with E-state index in [0.717, 1.165) is 5.56 Å². The van der Waals surface area contributed by atoms with Crippen LogP contribution >= 0.6 is 11.6 Å². The number of nitrogens with one attached hydrogen (secondary N) is 1. The number of hydrogen-bond acceptors (Lipinski definition) is 4. The molecule has 1 amide bonds. The lowest BCUT2D eigenvalue weighted by atomic mass is 10.2. The van der Waals surface area contributed by atoms with Gasteiger partial charge in [0.2, 0.25) is 5.91 Å². The van der Waals surface area contributed by atoms with Crippen LogP contribution in [0.1, 0.15) is 5.56 Å². The SMILES string of the molecule is C=CCNC(=O)CN(CC(=O)OC)Cc1ccc(Cl)cc1. The summed E-state index contributed by atoms with van der Waals surface area (Å²) in [6, 6.07) is 7.25. The van der Waals surface area contributed by atoms with Crippen molar-refractivity contribution in [2.24, 2.45) is 0 Å². The fourth-order valence-corrected chi connectivity index (χ4v) is 1.83. The molecule has 0 heterocycles. The Morgan fingerprint density at radius 1 is 1.33 bits per heavy atom. The van der Waals surface area contributed by atoms with Crippen LogP contribution in [0.2, 0.25) is 5.02 Å². The van der Waals surface area contributed by atoms with Gasteiger partial charge in [0.15, 0.2) is 0 Å². The van der Waals surface area contributed by atoms with Gasteiger partial charge in [-0.2, -0.15) is 0 Å². The van der Waals surface area contributed by atoms with Crippen molar-refractivity contribution in [2.45, 2.75) is 6.54 Å². The predicted octanol–water partition coefficient (Wildman–Crippen LogP) is 1.62. The maximum Gasteiger partial charge on any atom is 0.319 e.